The van der Waals surface area contributed by atoms with Crippen molar-refractivity contribution in [1.29, 1.82) is 0 Å². The number of phosphoric ester groups is 1. The molecule has 0 saturated heterocycles. The third-order valence-electron chi connectivity index (χ3n) is 13.3. The van der Waals surface area contributed by atoms with Crippen molar-refractivity contribution in [2.75, 3.05) is 26.4 Å². The molecular weight excluding hydrogens is 1000 g/mol. The number of carbonyl (C=O) groups is 3. The Labute approximate surface area is 477 Å². The number of carbonyl (C=O) groups excluding carboxylic acids is 3. The van der Waals surface area contributed by atoms with Crippen LogP contribution in [0.3, 0.4) is 0 Å². The first kappa shape index (κ1) is 74.7. The minimum Gasteiger partial charge on any atom is -0.462 e. The largest absolute Gasteiger partial charge is 0.472 e. The molecule has 78 heavy (non-hydrogen) atoms. The normalized spacial score (nSPS) is 13.9. The predicted molar refractivity (Wildman–Crippen MR) is 325 cm³/mol. The topological polar surface area (TPSA) is 155 Å². The lowest BCUT2D eigenvalue weighted by molar-refractivity contribution is -0.161. The molecule has 0 saturated carbocycles. The Kier molecular flexibility index (Phi) is 57.2. The summed E-state index contributed by atoms with van der Waals surface area (Å²) >= 11 is 0. The summed E-state index contributed by atoms with van der Waals surface area (Å²) in [4.78, 5) is 48.7. The van der Waals surface area contributed by atoms with Crippen molar-refractivity contribution < 1.29 is 52.2 Å². The number of phosphoric acid groups is 1. The van der Waals surface area contributed by atoms with Gasteiger partial charge in [-0.15, -0.1) is 0 Å². The quantitative estimate of drug-likeness (QED) is 0.0197. The summed E-state index contributed by atoms with van der Waals surface area (Å²) in [5.41, 5.74) is 0. The highest BCUT2D eigenvalue weighted by Gasteiger charge is 2.28. The van der Waals surface area contributed by atoms with Gasteiger partial charge in [0.25, 0.3) is 0 Å². The molecule has 0 amide bonds. The molecule has 0 radical (unpaired) electrons. The summed E-state index contributed by atoms with van der Waals surface area (Å²) in [6.07, 6.45) is 69.7. The highest BCUT2D eigenvalue weighted by Crippen LogP contribution is 2.43. The molecule has 12 heteroatoms. The third kappa shape index (κ3) is 57.3. The molecular formula is C66H115O11P. The molecule has 0 aliphatic heterocycles. The van der Waals surface area contributed by atoms with Crippen molar-refractivity contribution in [1.82, 2.24) is 0 Å². The molecule has 0 fully saturated rings. The maximum Gasteiger partial charge on any atom is 0.472 e. The summed E-state index contributed by atoms with van der Waals surface area (Å²) in [7, 11) is -4.77. The van der Waals surface area contributed by atoms with Crippen LogP contribution < -0.4 is 0 Å². The lowest BCUT2D eigenvalue weighted by Crippen LogP contribution is -2.30. The van der Waals surface area contributed by atoms with Gasteiger partial charge in [-0.1, -0.05) is 254 Å². The van der Waals surface area contributed by atoms with E-state index in [2.05, 4.69) is 99.8 Å². The van der Waals surface area contributed by atoms with E-state index in [1.807, 2.05) is 6.08 Å². The lowest BCUT2D eigenvalue weighted by Gasteiger charge is -2.21. The molecule has 0 spiro atoms. The number of hydrogen-bond acceptors (Lipinski definition) is 10. The van der Waals surface area contributed by atoms with Crippen molar-refractivity contribution in [3.8, 4) is 0 Å². The fraction of sp³-hybridized carbons (Fsp3) is 0.742. The van der Waals surface area contributed by atoms with Gasteiger partial charge in [-0.25, -0.2) is 4.57 Å². The van der Waals surface area contributed by atoms with Gasteiger partial charge in [0.05, 0.1) is 19.8 Å². The average Bonchev–Trinajstić information content (AvgIpc) is 3.43. The number of ether oxygens (including phenoxy) is 3. The standard InChI is InChI=1S/C66H115O11P/c1-4-7-10-13-16-19-22-25-28-31-34-37-40-43-46-49-52-55-64(68)73-59-63(77-66(70)57-54-51-48-45-42-39-36-33-30-27-24-21-18-15-12-9-6-3)61-75-78(71,72)74-60-62(58-67)76-65(69)56-53-50-47-44-41-38-35-32-29-26-23-20-17-14-11-8-5-2/h9,12,17-18,20-21,26-27,29-30,36,39,45,48,62-63,67H,4-8,10-11,13-16,19,22-25,28,31-35,37-38,40-44,46-47,49-61H2,1-3H3,(H,71,72)/b12-9-,20-17-,21-18-,29-26-,30-27-,39-36-,48-45-. The van der Waals surface area contributed by atoms with E-state index >= 15 is 0 Å². The second-order valence-corrected chi connectivity index (χ2v) is 22.3. The molecule has 0 heterocycles. The third-order valence-corrected chi connectivity index (χ3v) is 14.3. The van der Waals surface area contributed by atoms with Crippen molar-refractivity contribution in [3.05, 3.63) is 85.1 Å². The molecule has 0 bridgehead atoms. The highest BCUT2D eigenvalue weighted by atomic mass is 31.2. The van der Waals surface area contributed by atoms with Gasteiger partial charge in [0.1, 0.15) is 12.7 Å². The van der Waals surface area contributed by atoms with Crippen LogP contribution in [0.4, 0.5) is 0 Å². The summed E-state index contributed by atoms with van der Waals surface area (Å²) in [6, 6.07) is 0. The smallest absolute Gasteiger partial charge is 0.462 e. The van der Waals surface area contributed by atoms with Crippen LogP contribution in [0.2, 0.25) is 0 Å². The Morgan fingerprint density at radius 1 is 0.372 bits per heavy atom. The second kappa shape index (κ2) is 59.8. The Balaban J connectivity index is 4.76. The Hall–Kier alpha value is -3.34. The maximum atomic E-state index is 12.9. The number of allylic oxidation sites excluding steroid dienone is 14. The number of hydrogen-bond donors (Lipinski definition) is 2. The van der Waals surface area contributed by atoms with Crippen LogP contribution in [0.1, 0.15) is 278 Å². The van der Waals surface area contributed by atoms with E-state index in [9.17, 15) is 28.9 Å². The van der Waals surface area contributed by atoms with E-state index in [4.69, 9.17) is 23.3 Å². The van der Waals surface area contributed by atoms with Crippen LogP contribution in [0, 0.1) is 0 Å². The SMILES string of the molecule is CC/C=C\C/C=C\C/C=C\C/C=C\C/C=C\CCCC(=O)OC(COC(=O)CCCCCCCCCCCCCCCCCCC)COP(=O)(O)OCC(CO)OC(=O)CCCCCCCCC/C=C\C/C=C\CCCCC. The second-order valence-electron chi connectivity index (χ2n) is 20.8. The summed E-state index contributed by atoms with van der Waals surface area (Å²) in [5.74, 6) is -1.53. The zero-order valence-corrected chi connectivity index (χ0v) is 50.8. The first-order valence-corrected chi connectivity index (χ1v) is 33.0. The number of unbranched alkanes of at least 4 members (excludes halogenated alkanes) is 27. The first-order chi connectivity index (χ1) is 38.2. The molecule has 0 rings (SSSR count). The Morgan fingerprint density at radius 3 is 1.10 bits per heavy atom. The molecule has 0 aromatic heterocycles. The minimum atomic E-state index is -4.77. The van der Waals surface area contributed by atoms with E-state index in [0.29, 0.717) is 25.7 Å². The lowest BCUT2D eigenvalue weighted by atomic mass is 10.0. The molecule has 0 aliphatic rings. The van der Waals surface area contributed by atoms with Crippen molar-refractivity contribution >= 4 is 25.7 Å². The predicted octanol–water partition coefficient (Wildman–Crippen LogP) is 19.0. The number of esters is 3. The molecule has 0 aliphatic carbocycles. The fourth-order valence-electron chi connectivity index (χ4n) is 8.54. The van der Waals surface area contributed by atoms with Gasteiger partial charge in [0.15, 0.2) is 6.10 Å². The van der Waals surface area contributed by atoms with Gasteiger partial charge in [0, 0.05) is 19.3 Å². The van der Waals surface area contributed by atoms with Crippen molar-refractivity contribution in [2.45, 2.75) is 290 Å². The van der Waals surface area contributed by atoms with Crippen LogP contribution >= 0.6 is 7.82 Å². The van der Waals surface area contributed by atoms with Gasteiger partial charge < -0.3 is 24.2 Å². The van der Waals surface area contributed by atoms with Gasteiger partial charge in [0.2, 0.25) is 0 Å². The monoisotopic (exact) mass is 1110 g/mol. The van der Waals surface area contributed by atoms with Crippen LogP contribution in [0.5, 0.6) is 0 Å². The molecule has 2 N–H and O–H groups in total. The van der Waals surface area contributed by atoms with E-state index < -0.39 is 57.8 Å². The van der Waals surface area contributed by atoms with Crippen molar-refractivity contribution in [2.24, 2.45) is 0 Å². The van der Waals surface area contributed by atoms with Gasteiger partial charge in [-0.05, 0) is 89.9 Å². The van der Waals surface area contributed by atoms with Gasteiger partial charge >= 0.3 is 25.7 Å². The molecule has 11 nitrogen and oxygen atoms in total. The zero-order chi connectivity index (χ0) is 56.9. The molecule has 3 unspecified atom stereocenters. The first-order valence-electron chi connectivity index (χ1n) is 31.5. The summed E-state index contributed by atoms with van der Waals surface area (Å²) in [5, 5.41) is 9.84. The van der Waals surface area contributed by atoms with E-state index in [1.165, 1.54) is 122 Å². The van der Waals surface area contributed by atoms with Crippen LogP contribution in [-0.4, -0.2) is 66.5 Å². The zero-order valence-electron chi connectivity index (χ0n) is 49.9. The van der Waals surface area contributed by atoms with Crippen LogP contribution in [0.15, 0.2) is 85.1 Å². The molecule has 3 atom stereocenters. The van der Waals surface area contributed by atoms with Gasteiger partial charge in [-0.2, -0.15) is 0 Å². The van der Waals surface area contributed by atoms with Crippen LogP contribution in [0.25, 0.3) is 0 Å². The number of aliphatic hydroxyl groups is 1. The Morgan fingerprint density at radius 2 is 0.679 bits per heavy atom. The molecule has 450 valence electrons. The maximum absolute atomic E-state index is 12.9. The minimum absolute atomic E-state index is 0.0881. The van der Waals surface area contributed by atoms with Crippen LogP contribution in [-0.2, 0) is 42.2 Å². The van der Waals surface area contributed by atoms with E-state index in [0.717, 1.165) is 89.9 Å². The van der Waals surface area contributed by atoms with Crippen molar-refractivity contribution in [3.63, 3.8) is 0 Å². The number of rotatable bonds is 58. The Bertz CT molecular complexity index is 1630. The molecule has 0 aromatic rings. The van der Waals surface area contributed by atoms with E-state index in [-0.39, 0.29) is 25.9 Å². The van der Waals surface area contributed by atoms with Gasteiger partial charge in [-0.3, -0.25) is 23.4 Å². The average molecular weight is 1120 g/mol. The number of aliphatic hydroxyl groups excluding tert-OH is 1. The highest BCUT2D eigenvalue weighted by molar-refractivity contribution is 7.47. The fourth-order valence-corrected chi connectivity index (χ4v) is 9.32. The van der Waals surface area contributed by atoms with E-state index in [1.54, 1.807) is 0 Å². The summed E-state index contributed by atoms with van der Waals surface area (Å²) < 4.78 is 39.6. The molecule has 0 aromatic carbocycles. The summed E-state index contributed by atoms with van der Waals surface area (Å²) in [6.45, 7) is 4.47.